The molecule has 0 bridgehead atoms. The van der Waals surface area contributed by atoms with Crippen molar-refractivity contribution in [3.8, 4) is 17.0 Å². The van der Waals surface area contributed by atoms with Crippen molar-refractivity contribution in [2.24, 2.45) is 0 Å². The second kappa shape index (κ2) is 7.22. The number of aromatic nitrogens is 4. The van der Waals surface area contributed by atoms with Crippen LogP contribution in [-0.4, -0.2) is 27.2 Å². The predicted molar refractivity (Wildman–Crippen MR) is 102 cm³/mol. The van der Waals surface area contributed by atoms with Crippen molar-refractivity contribution in [3.63, 3.8) is 0 Å². The Bertz CT molecular complexity index is 1140. The van der Waals surface area contributed by atoms with Gasteiger partial charge in [-0.3, -0.25) is 10.1 Å². The molecule has 142 valence electrons. The summed E-state index contributed by atoms with van der Waals surface area (Å²) in [6.45, 7) is 1.57. The highest BCUT2D eigenvalue weighted by Crippen LogP contribution is 2.36. The molecule has 6 nitrogen and oxygen atoms in total. The molecule has 0 aliphatic carbocycles. The molecule has 0 radical (unpaired) electrons. The van der Waals surface area contributed by atoms with Crippen LogP contribution in [0.2, 0.25) is 0 Å². The number of halogens is 2. The molecule has 4 aromatic rings. The fourth-order valence-electron chi connectivity index (χ4n) is 3.06. The Kier molecular flexibility index (Phi) is 4.60. The monoisotopic (exact) mass is 381 g/mol. The Hall–Kier alpha value is -3.55. The molecule has 3 heterocycles. The van der Waals surface area contributed by atoms with Gasteiger partial charge in [0.2, 0.25) is 0 Å². The second-order valence-electron chi connectivity index (χ2n) is 6.19. The zero-order valence-electron chi connectivity index (χ0n) is 15.3. The fourth-order valence-corrected chi connectivity index (χ4v) is 3.06. The van der Waals surface area contributed by atoms with Crippen LogP contribution in [-0.2, 0) is 6.61 Å². The van der Waals surface area contributed by atoms with Gasteiger partial charge in [-0.05, 0) is 31.2 Å². The number of fused-ring (bicyclic) bond motifs is 1. The van der Waals surface area contributed by atoms with Crippen molar-refractivity contribution in [2.45, 2.75) is 13.5 Å². The first-order chi connectivity index (χ1) is 13.6. The number of H-pyrrole nitrogens is 1. The summed E-state index contributed by atoms with van der Waals surface area (Å²) in [7, 11) is 1.57. The van der Waals surface area contributed by atoms with E-state index >= 15 is 0 Å². The number of nitrogens with one attached hydrogen (secondary N) is 2. The molecule has 0 fully saturated rings. The lowest BCUT2D eigenvalue weighted by molar-refractivity contribution is 0.293. The number of ether oxygens (including phenoxy) is 1. The first-order valence-corrected chi connectivity index (χ1v) is 8.62. The van der Waals surface area contributed by atoms with Crippen LogP contribution in [0.5, 0.6) is 5.75 Å². The maximum absolute atomic E-state index is 14.5. The van der Waals surface area contributed by atoms with Crippen LogP contribution in [0.3, 0.4) is 0 Å². The molecule has 0 aliphatic heterocycles. The third-order valence-corrected chi connectivity index (χ3v) is 4.48. The van der Waals surface area contributed by atoms with E-state index in [4.69, 9.17) is 4.74 Å². The SMILES string of the molecule is CNc1ccc(F)c(COc2cnc3n[nH]c(C)c3c2-c2ccccn2)c1F. The maximum atomic E-state index is 14.5. The highest BCUT2D eigenvalue weighted by Gasteiger charge is 2.19. The molecule has 4 rings (SSSR count). The number of anilines is 1. The van der Waals surface area contributed by atoms with Gasteiger partial charge in [-0.25, -0.2) is 13.8 Å². The highest BCUT2D eigenvalue weighted by molar-refractivity contribution is 5.96. The van der Waals surface area contributed by atoms with Crippen LogP contribution in [0.25, 0.3) is 22.3 Å². The Morgan fingerprint density at radius 1 is 1.14 bits per heavy atom. The van der Waals surface area contributed by atoms with E-state index in [9.17, 15) is 8.78 Å². The number of hydrogen-bond acceptors (Lipinski definition) is 5. The summed E-state index contributed by atoms with van der Waals surface area (Å²) in [6, 6.07) is 8.03. The third-order valence-electron chi connectivity index (χ3n) is 4.48. The van der Waals surface area contributed by atoms with E-state index in [0.29, 0.717) is 22.7 Å². The minimum absolute atomic E-state index is 0.164. The van der Waals surface area contributed by atoms with Crippen molar-refractivity contribution < 1.29 is 13.5 Å². The first-order valence-electron chi connectivity index (χ1n) is 8.62. The van der Waals surface area contributed by atoms with Crippen LogP contribution in [0.15, 0.2) is 42.7 Å². The van der Waals surface area contributed by atoms with E-state index in [0.717, 1.165) is 11.1 Å². The Balaban J connectivity index is 1.79. The number of nitrogens with zero attached hydrogens (tertiary/aromatic N) is 3. The van der Waals surface area contributed by atoms with Gasteiger partial charge in [0.15, 0.2) is 11.5 Å². The molecule has 3 aromatic heterocycles. The lowest BCUT2D eigenvalue weighted by Crippen LogP contribution is -2.06. The summed E-state index contributed by atoms with van der Waals surface area (Å²) in [5.74, 6) is -0.996. The van der Waals surface area contributed by atoms with Crippen LogP contribution in [0, 0.1) is 18.6 Å². The molecule has 8 heteroatoms. The van der Waals surface area contributed by atoms with E-state index in [2.05, 4.69) is 25.5 Å². The van der Waals surface area contributed by atoms with E-state index in [1.165, 1.54) is 18.3 Å². The molecule has 0 unspecified atom stereocenters. The first kappa shape index (κ1) is 17.8. The minimum Gasteiger partial charge on any atom is -0.486 e. The summed E-state index contributed by atoms with van der Waals surface area (Å²) in [5, 5.41) is 10.5. The quantitative estimate of drug-likeness (QED) is 0.541. The number of aromatic amines is 1. The summed E-state index contributed by atoms with van der Waals surface area (Å²) < 4.78 is 34.5. The molecule has 28 heavy (non-hydrogen) atoms. The minimum atomic E-state index is -0.685. The smallest absolute Gasteiger partial charge is 0.182 e. The standard InChI is InChI=1S/C20H17F2N5O/c1-11-17-18(14-5-3-4-8-24-14)16(9-25-20(17)27-26-11)28-10-12-13(21)6-7-15(23-2)19(12)22/h3-9,23H,10H2,1-2H3,(H,25,26,27). The molecular formula is C20H17F2N5O. The van der Waals surface area contributed by atoms with Gasteiger partial charge in [-0.15, -0.1) is 0 Å². The van der Waals surface area contributed by atoms with E-state index in [-0.39, 0.29) is 17.9 Å². The molecule has 1 aromatic carbocycles. The molecule has 0 amide bonds. The molecule has 0 atom stereocenters. The van der Waals surface area contributed by atoms with Crippen molar-refractivity contribution in [2.75, 3.05) is 12.4 Å². The lowest BCUT2D eigenvalue weighted by Gasteiger charge is -2.14. The molecule has 0 spiro atoms. The number of pyridine rings is 2. The second-order valence-corrected chi connectivity index (χ2v) is 6.19. The van der Waals surface area contributed by atoms with Crippen LogP contribution < -0.4 is 10.1 Å². The van der Waals surface area contributed by atoms with Gasteiger partial charge in [0, 0.05) is 18.9 Å². The van der Waals surface area contributed by atoms with Gasteiger partial charge in [-0.2, -0.15) is 5.10 Å². The Morgan fingerprint density at radius 2 is 2.00 bits per heavy atom. The average Bonchev–Trinajstić information content (AvgIpc) is 3.09. The van der Waals surface area contributed by atoms with Crippen molar-refractivity contribution in [3.05, 3.63) is 65.6 Å². The summed E-state index contributed by atoms with van der Waals surface area (Å²) in [6.07, 6.45) is 3.15. The highest BCUT2D eigenvalue weighted by atomic mass is 19.1. The van der Waals surface area contributed by atoms with Crippen molar-refractivity contribution >= 4 is 16.7 Å². The molecule has 2 N–H and O–H groups in total. The fraction of sp³-hybridized carbons (Fsp3) is 0.150. The molecule has 0 saturated heterocycles. The van der Waals surface area contributed by atoms with Gasteiger partial charge in [0.05, 0.1) is 34.1 Å². The Labute approximate surface area is 159 Å². The van der Waals surface area contributed by atoms with Gasteiger partial charge < -0.3 is 10.1 Å². The molecule has 0 aliphatic rings. The molecular weight excluding hydrogens is 364 g/mol. The average molecular weight is 381 g/mol. The Morgan fingerprint density at radius 3 is 2.75 bits per heavy atom. The van der Waals surface area contributed by atoms with Gasteiger partial charge in [-0.1, -0.05) is 6.07 Å². The lowest BCUT2D eigenvalue weighted by atomic mass is 10.1. The van der Waals surface area contributed by atoms with E-state index < -0.39 is 11.6 Å². The number of rotatable bonds is 5. The van der Waals surface area contributed by atoms with Crippen molar-refractivity contribution in [1.82, 2.24) is 20.2 Å². The van der Waals surface area contributed by atoms with Gasteiger partial charge >= 0.3 is 0 Å². The van der Waals surface area contributed by atoms with Crippen LogP contribution >= 0.6 is 0 Å². The van der Waals surface area contributed by atoms with E-state index in [1.54, 1.807) is 19.3 Å². The number of benzene rings is 1. The summed E-state index contributed by atoms with van der Waals surface area (Å²) >= 11 is 0. The zero-order chi connectivity index (χ0) is 19.7. The zero-order valence-corrected chi connectivity index (χ0v) is 15.3. The topological polar surface area (TPSA) is 75.7 Å². The largest absolute Gasteiger partial charge is 0.486 e. The van der Waals surface area contributed by atoms with Gasteiger partial charge in [0.25, 0.3) is 0 Å². The van der Waals surface area contributed by atoms with Crippen LogP contribution in [0.1, 0.15) is 11.3 Å². The number of aryl methyl sites for hydroxylation is 1. The number of hydrogen-bond donors (Lipinski definition) is 2. The summed E-state index contributed by atoms with van der Waals surface area (Å²) in [4.78, 5) is 8.67. The van der Waals surface area contributed by atoms with Crippen molar-refractivity contribution in [1.29, 1.82) is 0 Å². The normalized spacial score (nSPS) is 11.0. The maximum Gasteiger partial charge on any atom is 0.182 e. The van der Waals surface area contributed by atoms with Gasteiger partial charge in [0.1, 0.15) is 18.2 Å². The van der Waals surface area contributed by atoms with E-state index in [1.807, 2.05) is 19.1 Å². The summed E-state index contributed by atoms with van der Waals surface area (Å²) in [5.41, 5.74) is 2.66. The van der Waals surface area contributed by atoms with Crippen LogP contribution in [0.4, 0.5) is 14.5 Å². The predicted octanol–water partition coefficient (Wildman–Crippen LogP) is 4.23. The molecule has 0 saturated carbocycles. The third kappa shape index (κ3) is 3.02.